The molecule has 0 amide bonds. The second-order valence-corrected chi connectivity index (χ2v) is 5.09. The molecule has 1 atom stereocenters. The summed E-state index contributed by atoms with van der Waals surface area (Å²) in [6.45, 7) is 2.50. The maximum absolute atomic E-state index is 2.50. The molecule has 0 saturated heterocycles. The number of aryl methyl sites for hydroxylation is 1. The molecule has 3 rings (SSSR count). The molecule has 2 aliphatic rings. The van der Waals surface area contributed by atoms with Crippen LogP contribution >= 0.6 is 12.4 Å². The van der Waals surface area contributed by atoms with Gasteiger partial charge in [-0.25, -0.2) is 0 Å². The van der Waals surface area contributed by atoms with E-state index in [4.69, 9.17) is 0 Å². The van der Waals surface area contributed by atoms with Crippen molar-refractivity contribution < 1.29 is 0 Å². The van der Waals surface area contributed by atoms with E-state index in [9.17, 15) is 0 Å². The van der Waals surface area contributed by atoms with Gasteiger partial charge in [0.05, 0.1) is 0 Å². The maximum Gasteiger partial charge on any atom is 0.00475 e. The number of nitrogens with zero attached hydrogens (tertiary/aromatic N) is 1. The predicted octanol–water partition coefficient (Wildman–Crippen LogP) is 3.02. The van der Waals surface area contributed by atoms with Crippen LogP contribution in [0.15, 0.2) is 18.2 Å². The molecule has 0 aromatic heterocycles. The highest BCUT2D eigenvalue weighted by molar-refractivity contribution is 5.85. The van der Waals surface area contributed by atoms with E-state index in [2.05, 4.69) is 30.1 Å². The summed E-state index contributed by atoms with van der Waals surface area (Å²) in [4.78, 5) is 2.50. The zero-order valence-corrected chi connectivity index (χ0v) is 10.7. The zero-order chi connectivity index (χ0) is 10.3. The highest BCUT2D eigenvalue weighted by atomic mass is 35.5. The Morgan fingerprint density at radius 2 is 1.94 bits per heavy atom. The molecular formula is C14H20ClN. The lowest BCUT2D eigenvalue weighted by Gasteiger charge is -2.27. The Morgan fingerprint density at radius 1 is 1.19 bits per heavy atom. The second kappa shape index (κ2) is 4.77. The first kappa shape index (κ1) is 11.9. The van der Waals surface area contributed by atoms with Gasteiger partial charge in [-0.15, -0.1) is 12.4 Å². The first-order valence-corrected chi connectivity index (χ1v) is 6.14. The van der Waals surface area contributed by atoms with Crippen molar-refractivity contribution in [3.05, 3.63) is 34.9 Å². The van der Waals surface area contributed by atoms with Gasteiger partial charge in [0.2, 0.25) is 0 Å². The van der Waals surface area contributed by atoms with Gasteiger partial charge >= 0.3 is 0 Å². The average Bonchev–Trinajstić information content (AvgIpc) is 2.41. The minimum Gasteiger partial charge on any atom is -0.305 e. The minimum absolute atomic E-state index is 0. The van der Waals surface area contributed by atoms with E-state index in [1.165, 1.54) is 38.8 Å². The number of hydrogen-bond donors (Lipinski definition) is 0. The SMILES string of the molecule is CN1CCc2cccc3c2[C@@H](CCC3)C1.Cl. The predicted molar refractivity (Wildman–Crippen MR) is 70.6 cm³/mol. The Morgan fingerprint density at radius 3 is 2.75 bits per heavy atom. The summed E-state index contributed by atoms with van der Waals surface area (Å²) in [7, 11) is 2.26. The summed E-state index contributed by atoms with van der Waals surface area (Å²) in [6, 6.07) is 6.94. The highest BCUT2D eigenvalue weighted by Crippen LogP contribution is 2.36. The van der Waals surface area contributed by atoms with Crippen LogP contribution in [0.1, 0.15) is 35.4 Å². The third-order valence-electron chi connectivity index (χ3n) is 3.99. The monoisotopic (exact) mass is 237 g/mol. The molecule has 1 aromatic carbocycles. The highest BCUT2D eigenvalue weighted by Gasteiger charge is 2.26. The molecule has 0 fully saturated rings. The van der Waals surface area contributed by atoms with Crippen LogP contribution in [0.2, 0.25) is 0 Å². The molecule has 1 nitrogen and oxygen atoms in total. The fraction of sp³-hybridized carbons (Fsp3) is 0.571. The van der Waals surface area contributed by atoms with Crippen molar-refractivity contribution in [2.24, 2.45) is 0 Å². The van der Waals surface area contributed by atoms with Gasteiger partial charge in [0, 0.05) is 13.1 Å². The van der Waals surface area contributed by atoms with E-state index in [1.54, 1.807) is 16.7 Å². The van der Waals surface area contributed by atoms with Gasteiger partial charge < -0.3 is 4.90 Å². The average molecular weight is 238 g/mol. The van der Waals surface area contributed by atoms with Gasteiger partial charge in [-0.2, -0.15) is 0 Å². The van der Waals surface area contributed by atoms with E-state index >= 15 is 0 Å². The van der Waals surface area contributed by atoms with Crippen LogP contribution in [0.3, 0.4) is 0 Å². The van der Waals surface area contributed by atoms with Crippen molar-refractivity contribution >= 4 is 12.4 Å². The Hall–Kier alpha value is -0.530. The second-order valence-electron chi connectivity index (χ2n) is 5.09. The van der Waals surface area contributed by atoms with Crippen molar-refractivity contribution in [3.8, 4) is 0 Å². The molecule has 1 aliphatic carbocycles. The van der Waals surface area contributed by atoms with Gasteiger partial charge in [-0.05, 0) is 55.3 Å². The van der Waals surface area contributed by atoms with E-state index < -0.39 is 0 Å². The van der Waals surface area contributed by atoms with Crippen molar-refractivity contribution in [3.63, 3.8) is 0 Å². The van der Waals surface area contributed by atoms with Gasteiger partial charge in [0.15, 0.2) is 0 Å². The van der Waals surface area contributed by atoms with Crippen LogP contribution in [-0.4, -0.2) is 25.0 Å². The molecule has 0 spiro atoms. The van der Waals surface area contributed by atoms with Crippen molar-refractivity contribution in [2.45, 2.75) is 31.6 Å². The number of halogens is 1. The van der Waals surface area contributed by atoms with Crippen molar-refractivity contribution in [1.29, 1.82) is 0 Å². The van der Waals surface area contributed by atoms with Crippen LogP contribution in [-0.2, 0) is 12.8 Å². The summed E-state index contributed by atoms with van der Waals surface area (Å²) in [5, 5.41) is 0. The smallest absolute Gasteiger partial charge is 0.00475 e. The Balaban J connectivity index is 0.000000963. The zero-order valence-electron chi connectivity index (χ0n) is 9.91. The molecule has 0 unspecified atom stereocenters. The van der Waals surface area contributed by atoms with E-state index in [0.29, 0.717) is 0 Å². The molecule has 0 radical (unpaired) electrons. The van der Waals surface area contributed by atoms with Gasteiger partial charge in [-0.3, -0.25) is 0 Å². The molecule has 1 aromatic rings. The summed E-state index contributed by atoms with van der Waals surface area (Å²) in [6.07, 6.45) is 5.34. The summed E-state index contributed by atoms with van der Waals surface area (Å²) in [5.41, 5.74) is 4.98. The Kier molecular flexibility index (Phi) is 3.56. The van der Waals surface area contributed by atoms with Crippen LogP contribution in [0.25, 0.3) is 0 Å². The maximum atomic E-state index is 2.50. The largest absolute Gasteiger partial charge is 0.305 e. The molecular weight excluding hydrogens is 218 g/mol. The van der Waals surface area contributed by atoms with E-state index in [1.807, 2.05) is 0 Å². The topological polar surface area (TPSA) is 3.24 Å². The fourth-order valence-electron chi connectivity index (χ4n) is 3.27. The number of benzene rings is 1. The fourth-order valence-corrected chi connectivity index (χ4v) is 3.27. The van der Waals surface area contributed by atoms with E-state index in [-0.39, 0.29) is 12.4 Å². The summed E-state index contributed by atoms with van der Waals surface area (Å²) < 4.78 is 0. The van der Waals surface area contributed by atoms with Crippen molar-refractivity contribution in [2.75, 3.05) is 20.1 Å². The first-order chi connectivity index (χ1) is 7.34. The molecule has 1 aliphatic heterocycles. The lowest BCUT2D eigenvalue weighted by Crippen LogP contribution is -2.25. The summed E-state index contributed by atoms with van der Waals surface area (Å²) >= 11 is 0. The Bertz CT molecular complexity index is 375. The van der Waals surface area contributed by atoms with Crippen molar-refractivity contribution in [1.82, 2.24) is 4.90 Å². The third kappa shape index (κ3) is 1.99. The van der Waals surface area contributed by atoms with Gasteiger partial charge in [0.1, 0.15) is 0 Å². The molecule has 2 heteroatoms. The summed E-state index contributed by atoms with van der Waals surface area (Å²) in [5.74, 6) is 0.817. The van der Waals surface area contributed by atoms with Crippen LogP contribution in [0.5, 0.6) is 0 Å². The van der Waals surface area contributed by atoms with Crippen LogP contribution < -0.4 is 0 Å². The van der Waals surface area contributed by atoms with E-state index in [0.717, 1.165) is 5.92 Å². The lowest BCUT2D eigenvalue weighted by atomic mass is 9.80. The molecule has 16 heavy (non-hydrogen) atoms. The first-order valence-electron chi connectivity index (χ1n) is 6.14. The number of rotatable bonds is 0. The number of hydrogen-bond acceptors (Lipinski definition) is 1. The van der Waals surface area contributed by atoms with Crippen LogP contribution in [0, 0.1) is 0 Å². The van der Waals surface area contributed by atoms with Gasteiger partial charge in [-0.1, -0.05) is 18.2 Å². The lowest BCUT2D eigenvalue weighted by molar-refractivity contribution is 0.313. The van der Waals surface area contributed by atoms with Gasteiger partial charge in [0.25, 0.3) is 0 Å². The minimum atomic E-state index is 0. The van der Waals surface area contributed by atoms with Crippen LogP contribution in [0.4, 0.5) is 0 Å². The molecule has 0 N–H and O–H groups in total. The molecule has 0 bridgehead atoms. The Labute approximate surface area is 104 Å². The molecule has 88 valence electrons. The normalized spacial score (nSPS) is 24.2. The molecule has 1 heterocycles. The third-order valence-corrected chi connectivity index (χ3v) is 3.99. The quantitative estimate of drug-likeness (QED) is 0.671. The number of likely N-dealkylation sites (N-methyl/N-ethyl adjacent to an activating group) is 1. The standard InChI is InChI=1S/C14H19N.ClH/c1-15-9-8-12-6-2-4-11-5-3-7-13(10-15)14(11)12;/h2,4,6,13H,3,5,7-10H2,1H3;1H/t13-;/m0./s1. The molecule has 0 saturated carbocycles.